The number of rotatable bonds is 6. The van der Waals surface area contributed by atoms with E-state index in [9.17, 15) is 14.4 Å². The summed E-state index contributed by atoms with van der Waals surface area (Å²) in [4.78, 5) is 35.8. The highest BCUT2D eigenvalue weighted by Gasteiger charge is 2.34. The molecule has 20 heavy (non-hydrogen) atoms. The summed E-state index contributed by atoms with van der Waals surface area (Å²) in [6.07, 6.45) is 0. The predicted molar refractivity (Wildman–Crippen MR) is 74.7 cm³/mol. The van der Waals surface area contributed by atoms with Gasteiger partial charge in [0.05, 0.1) is 11.1 Å². The van der Waals surface area contributed by atoms with Crippen molar-refractivity contribution >= 4 is 29.5 Å². The molecule has 1 aromatic carbocycles. The Morgan fingerprint density at radius 3 is 2.30 bits per heavy atom. The van der Waals surface area contributed by atoms with Gasteiger partial charge in [0.2, 0.25) is 0 Å². The van der Waals surface area contributed by atoms with Crippen molar-refractivity contribution in [2.45, 2.75) is 6.04 Å². The van der Waals surface area contributed by atoms with Gasteiger partial charge in [0, 0.05) is 18.1 Å². The van der Waals surface area contributed by atoms with Gasteiger partial charge in [0.1, 0.15) is 6.04 Å². The van der Waals surface area contributed by atoms with Gasteiger partial charge in [-0.15, -0.1) is 0 Å². The largest absolute Gasteiger partial charge is 0.480 e. The average Bonchev–Trinajstić information content (AvgIpc) is 2.68. The van der Waals surface area contributed by atoms with Crippen LogP contribution in [0.1, 0.15) is 20.7 Å². The number of amides is 2. The van der Waals surface area contributed by atoms with Crippen molar-refractivity contribution in [3.63, 3.8) is 0 Å². The van der Waals surface area contributed by atoms with E-state index in [0.717, 1.165) is 0 Å². The van der Waals surface area contributed by atoms with Crippen LogP contribution in [-0.4, -0.2) is 51.9 Å². The number of aliphatic carboxylic acids is 1. The van der Waals surface area contributed by atoms with E-state index in [2.05, 4.69) is 0 Å². The van der Waals surface area contributed by atoms with Crippen LogP contribution < -0.4 is 5.73 Å². The molecule has 0 aromatic heterocycles. The summed E-state index contributed by atoms with van der Waals surface area (Å²) < 4.78 is 0. The molecule has 0 saturated heterocycles. The molecule has 0 spiro atoms. The number of hydrogen-bond donors (Lipinski definition) is 2. The van der Waals surface area contributed by atoms with Crippen LogP contribution in [0.25, 0.3) is 0 Å². The Kier molecular flexibility index (Phi) is 4.41. The van der Waals surface area contributed by atoms with Crippen molar-refractivity contribution in [3.05, 3.63) is 35.4 Å². The maximum absolute atomic E-state index is 12.0. The van der Waals surface area contributed by atoms with Crippen molar-refractivity contribution in [3.8, 4) is 0 Å². The normalized spacial score (nSPS) is 15.3. The van der Waals surface area contributed by atoms with E-state index in [1.54, 1.807) is 24.3 Å². The lowest BCUT2D eigenvalue weighted by Gasteiger charge is -2.13. The minimum absolute atomic E-state index is 0.249. The van der Waals surface area contributed by atoms with Gasteiger partial charge < -0.3 is 10.8 Å². The van der Waals surface area contributed by atoms with Crippen LogP contribution in [0.3, 0.4) is 0 Å². The third-order valence-corrected chi connectivity index (χ3v) is 4.02. The first-order valence-corrected chi connectivity index (χ1v) is 7.19. The van der Waals surface area contributed by atoms with Gasteiger partial charge in [-0.2, -0.15) is 11.8 Å². The smallest absolute Gasteiger partial charge is 0.321 e. The molecular formula is C13H14N2O4S. The topological polar surface area (TPSA) is 101 Å². The Morgan fingerprint density at radius 2 is 1.80 bits per heavy atom. The van der Waals surface area contributed by atoms with E-state index in [1.807, 2.05) is 0 Å². The number of benzene rings is 1. The van der Waals surface area contributed by atoms with Crippen molar-refractivity contribution < 1.29 is 19.5 Å². The maximum Gasteiger partial charge on any atom is 0.321 e. The third kappa shape index (κ3) is 2.83. The molecule has 0 fully saturated rings. The van der Waals surface area contributed by atoms with Crippen molar-refractivity contribution in [1.29, 1.82) is 0 Å². The van der Waals surface area contributed by atoms with Crippen LogP contribution in [0.5, 0.6) is 0 Å². The second-order valence-electron chi connectivity index (χ2n) is 4.33. The van der Waals surface area contributed by atoms with Crippen LogP contribution in [0.2, 0.25) is 0 Å². The van der Waals surface area contributed by atoms with E-state index in [0.29, 0.717) is 16.9 Å². The van der Waals surface area contributed by atoms with Crippen LogP contribution in [0, 0.1) is 0 Å². The Bertz CT molecular complexity index is 526. The highest BCUT2D eigenvalue weighted by Crippen LogP contribution is 2.22. The van der Waals surface area contributed by atoms with Gasteiger partial charge in [0.25, 0.3) is 11.8 Å². The van der Waals surface area contributed by atoms with Gasteiger partial charge in [0.15, 0.2) is 0 Å². The number of carbonyl (C=O) groups is 3. The van der Waals surface area contributed by atoms with Crippen LogP contribution >= 0.6 is 11.8 Å². The van der Waals surface area contributed by atoms with E-state index in [1.165, 1.54) is 16.7 Å². The molecule has 0 saturated carbocycles. The fraction of sp³-hybridized carbons (Fsp3) is 0.308. The molecule has 7 heteroatoms. The molecule has 3 N–H and O–H groups in total. The third-order valence-electron chi connectivity index (χ3n) is 2.95. The SMILES string of the molecule is N[C@H](CSCCN1C(=O)c2ccccc2C1=O)C(=O)O. The molecule has 0 bridgehead atoms. The standard InChI is InChI=1S/C13H14N2O4S/c14-10(13(18)19)7-20-6-5-15-11(16)8-3-1-2-4-9(8)12(15)17/h1-4,10H,5-7,14H2,(H,18,19)/t10-/m1/s1. The Labute approximate surface area is 119 Å². The zero-order valence-corrected chi connectivity index (χ0v) is 11.4. The van der Waals surface area contributed by atoms with Gasteiger partial charge in [-0.05, 0) is 12.1 Å². The summed E-state index contributed by atoms with van der Waals surface area (Å²) in [7, 11) is 0. The fourth-order valence-corrected chi connectivity index (χ4v) is 2.75. The molecule has 1 atom stereocenters. The number of carboxylic acid groups (broad SMARTS) is 1. The molecule has 0 unspecified atom stereocenters. The van der Waals surface area contributed by atoms with Gasteiger partial charge >= 0.3 is 5.97 Å². The number of nitrogens with zero attached hydrogens (tertiary/aromatic N) is 1. The monoisotopic (exact) mass is 294 g/mol. The number of hydrogen-bond acceptors (Lipinski definition) is 5. The molecule has 0 radical (unpaired) electrons. The number of fused-ring (bicyclic) bond motifs is 1. The summed E-state index contributed by atoms with van der Waals surface area (Å²) in [5, 5.41) is 8.64. The molecule has 1 aliphatic rings. The molecule has 6 nitrogen and oxygen atoms in total. The van der Waals surface area contributed by atoms with Gasteiger partial charge in [-0.1, -0.05) is 12.1 Å². The lowest BCUT2D eigenvalue weighted by Crippen LogP contribution is -2.34. The molecule has 2 rings (SSSR count). The molecule has 1 aliphatic heterocycles. The van der Waals surface area contributed by atoms with E-state index in [-0.39, 0.29) is 24.1 Å². The first-order chi connectivity index (χ1) is 9.52. The first-order valence-electron chi connectivity index (χ1n) is 6.03. The molecule has 106 valence electrons. The lowest BCUT2D eigenvalue weighted by molar-refractivity contribution is -0.137. The highest BCUT2D eigenvalue weighted by atomic mass is 32.2. The number of thioether (sulfide) groups is 1. The molecule has 0 aliphatic carbocycles. The van der Waals surface area contributed by atoms with Crippen molar-refractivity contribution in [2.75, 3.05) is 18.1 Å². The Morgan fingerprint density at radius 1 is 1.25 bits per heavy atom. The molecule has 1 heterocycles. The fourth-order valence-electron chi connectivity index (χ4n) is 1.88. The van der Waals surface area contributed by atoms with Crippen molar-refractivity contribution in [2.24, 2.45) is 5.73 Å². The lowest BCUT2D eigenvalue weighted by atomic mass is 10.1. The second-order valence-corrected chi connectivity index (χ2v) is 5.48. The first kappa shape index (κ1) is 14.5. The predicted octanol–water partition coefficient (Wildman–Crippen LogP) is 0.428. The van der Waals surface area contributed by atoms with Crippen LogP contribution in [0.4, 0.5) is 0 Å². The summed E-state index contributed by atoms with van der Waals surface area (Å²) in [6, 6.07) is 5.76. The van der Waals surface area contributed by atoms with Gasteiger partial charge in [-0.25, -0.2) is 0 Å². The maximum atomic E-state index is 12.0. The van der Waals surface area contributed by atoms with E-state index >= 15 is 0 Å². The second kappa shape index (κ2) is 6.06. The van der Waals surface area contributed by atoms with Crippen molar-refractivity contribution in [1.82, 2.24) is 4.90 Å². The summed E-state index contributed by atoms with van der Waals surface area (Å²) >= 11 is 1.31. The highest BCUT2D eigenvalue weighted by molar-refractivity contribution is 7.99. The Hall–Kier alpha value is -1.86. The minimum Gasteiger partial charge on any atom is -0.480 e. The summed E-state index contributed by atoms with van der Waals surface area (Å²) in [6.45, 7) is 0.253. The summed E-state index contributed by atoms with van der Waals surface area (Å²) in [5.74, 6) is -0.939. The minimum atomic E-state index is -1.06. The zero-order chi connectivity index (χ0) is 14.7. The number of nitrogens with two attached hydrogens (primary N) is 1. The van der Waals surface area contributed by atoms with Crippen LogP contribution in [-0.2, 0) is 4.79 Å². The van der Waals surface area contributed by atoms with E-state index < -0.39 is 12.0 Å². The number of carbonyl (C=O) groups excluding carboxylic acids is 2. The number of imide groups is 1. The van der Waals surface area contributed by atoms with Gasteiger partial charge in [-0.3, -0.25) is 19.3 Å². The molecule has 1 aromatic rings. The molecular weight excluding hydrogens is 280 g/mol. The summed E-state index contributed by atoms with van der Waals surface area (Å²) in [5.41, 5.74) is 6.21. The van der Waals surface area contributed by atoms with E-state index in [4.69, 9.17) is 10.8 Å². The Balaban J connectivity index is 1.88. The number of carboxylic acids is 1. The van der Waals surface area contributed by atoms with Crippen LogP contribution in [0.15, 0.2) is 24.3 Å². The zero-order valence-electron chi connectivity index (χ0n) is 10.6. The molecule has 2 amide bonds. The quantitative estimate of drug-likeness (QED) is 0.583. The average molecular weight is 294 g/mol.